The first-order chi connectivity index (χ1) is 18.6. The van der Waals surface area contributed by atoms with E-state index in [2.05, 4.69) is 15.3 Å². The van der Waals surface area contributed by atoms with E-state index in [0.717, 1.165) is 21.2 Å². The molecule has 10 nitrogen and oxygen atoms in total. The highest BCUT2D eigenvalue weighted by molar-refractivity contribution is 7.89. The van der Waals surface area contributed by atoms with Crippen molar-refractivity contribution >= 4 is 42.7 Å². The Hall–Kier alpha value is -3.58. The molecule has 204 valence electrons. The van der Waals surface area contributed by atoms with Crippen molar-refractivity contribution in [2.45, 2.75) is 28.6 Å². The van der Waals surface area contributed by atoms with Gasteiger partial charge in [-0.1, -0.05) is 12.1 Å². The summed E-state index contributed by atoms with van der Waals surface area (Å²) in [5.74, 6) is 0.618. The highest BCUT2D eigenvalue weighted by Crippen LogP contribution is 2.30. The van der Waals surface area contributed by atoms with Crippen LogP contribution in [0.4, 0.5) is 5.69 Å². The van der Waals surface area contributed by atoms with Gasteiger partial charge in [0.2, 0.25) is 20.0 Å². The average Bonchev–Trinajstić information content (AvgIpc) is 3.38. The average molecular weight is 568 g/mol. The number of para-hydroxylation sites is 2. The first-order valence-electron chi connectivity index (χ1n) is 12.4. The third kappa shape index (κ3) is 5.46. The second kappa shape index (κ2) is 10.5. The molecule has 1 amide bonds. The summed E-state index contributed by atoms with van der Waals surface area (Å²) in [6.45, 7) is 0.782. The van der Waals surface area contributed by atoms with Crippen LogP contribution in [0.1, 0.15) is 34.9 Å². The van der Waals surface area contributed by atoms with Gasteiger partial charge in [-0.2, -0.15) is 4.31 Å². The number of aromatic amines is 1. The number of carbonyl (C=O) groups excluding carboxylic acids is 1. The van der Waals surface area contributed by atoms with Crippen molar-refractivity contribution in [1.82, 2.24) is 18.6 Å². The van der Waals surface area contributed by atoms with Gasteiger partial charge < -0.3 is 10.3 Å². The molecule has 0 atom stereocenters. The SMILES string of the molecule is CN(C)S(=O)(=O)c1ccc(C(=O)Nc2ccc(S(=O)(=O)N3CCC(c4nc5ccccc5[nH]4)CC3)cc2)cc1. The van der Waals surface area contributed by atoms with Gasteiger partial charge in [0.15, 0.2) is 0 Å². The third-order valence-electron chi connectivity index (χ3n) is 6.89. The van der Waals surface area contributed by atoms with Crippen LogP contribution in [0.25, 0.3) is 11.0 Å². The number of nitrogens with one attached hydrogen (secondary N) is 2. The van der Waals surface area contributed by atoms with E-state index in [1.54, 1.807) is 0 Å². The number of anilines is 1. The Morgan fingerprint density at radius 2 is 1.51 bits per heavy atom. The van der Waals surface area contributed by atoms with Gasteiger partial charge in [0.1, 0.15) is 5.82 Å². The number of hydrogen-bond acceptors (Lipinski definition) is 6. The molecule has 1 aromatic heterocycles. The molecule has 2 N–H and O–H groups in total. The van der Waals surface area contributed by atoms with Gasteiger partial charge in [-0.15, -0.1) is 0 Å². The lowest BCUT2D eigenvalue weighted by molar-refractivity contribution is 0.102. The van der Waals surface area contributed by atoms with Gasteiger partial charge in [-0.25, -0.2) is 26.1 Å². The Morgan fingerprint density at radius 1 is 0.897 bits per heavy atom. The number of piperidine rings is 1. The summed E-state index contributed by atoms with van der Waals surface area (Å²) in [7, 11) is -4.41. The second-order valence-corrected chi connectivity index (χ2v) is 13.7. The predicted molar refractivity (Wildman–Crippen MR) is 149 cm³/mol. The number of amides is 1. The summed E-state index contributed by atoms with van der Waals surface area (Å²) in [6, 6.07) is 19.5. The van der Waals surface area contributed by atoms with Crippen molar-refractivity contribution in [2.24, 2.45) is 0 Å². The number of imidazole rings is 1. The molecule has 0 aliphatic carbocycles. The zero-order valence-corrected chi connectivity index (χ0v) is 23.2. The fourth-order valence-electron chi connectivity index (χ4n) is 4.59. The highest BCUT2D eigenvalue weighted by Gasteiger charge is 2.31. The zero-order valence-electron chi connectivity index (χ0n) is 21.5. The Morgan fingerprint density at radius 3 is 2.13 bits per heavy atom. The summed E-state index contributed by atoms with van der Waals surface area (Å²) >= 11 is 0. The van der Waals surface area contributed by atoms with E-state index in [1.807, 2.05) is 24.3 Å². The van der Waals surface area contributed by atoms with E-state index in [9.17, 15) is 21.6 Å². The van der Waals surface area contributed by atoms with Crippen molar-refractivity contribution in [2.75, 3.05) is 32.5 Å². The summed E-state index contributed by atoms with van der Waals surface area (Å²) in [5, 5.41) is 2.71. The molecule has 0 bridgehead atoms. The van der Waals surface area contributed by atoms with Gasteiger partial charge >= 0.3 is 0 Å². The first-order valence-corrected chi connectivity index (χ1v) is 15.3. The van der Waals surface area contributed by atoms with Crippen LogP contribution in [0.3, 0.4) is 0 Å². The number of benzene rings is 3. The van der Waals surface area contributed by atoms with Crippen molar-refractivity contribution in [1.29, 1.82) is 0 Å². The minimum absolute atomic E-state index is 0.0835. The Bertz CT molecular complexity index is 1670. The predicted octanol–water partition coefficient (Wildman–Crippen LogP) is 3.63. The topological polar surface area (TPSA) is 133 Å². The molecule has 12 heteroatoms. The lowest BCUT2D eigenvalue weighted by Crippen LogP contribution is -2.38. The number of rotatable bonds is 7. The number of aromatic nitrogens is 2. The number of hydrogen-bond donors (Lipinski definition) is 2. The van der Waals surface area contributed by atoms with E-state index in [4.69, 9.17) is 0 Å². The Balaban J connectivity index is 1.21. The standard InChI is InChI=1S/C27H29N5O5S2/c1-31(2)38(34,35)22-11-7-20(8-12-22)27(33)28-21-9-13-23(14-10-21)39(36,37)32-17-15-19(16-18-32)26-29-24-5-3-4-6-25(24)30-26/h3-14,19H,15-18H2,1-2H3,(H,28,33)(H,29,30). The van der Waals surface area contributed by atoms with Gasteiger partial charge in [0, 0.05) is 44.4 Å². The monoisotopic (exact) mass is 567 g/mol. The molecule has 4 aromatic rings. The van der Waals surface area contributed by atoms with Crippen LogP contribution in [-0.4, -0.2) is 68.5 Å². The molecule has 1 aliphatic rings. The number of carbonyl (C=O) groups is 1. The number of H-pyrrole nitrogens is 1. The highest BCUT2D eigenvalue weighted by atomic mass is 32.2. The third-order valence-corrected chi connectivity index (χ3v) is 10.6. The van der Waals surface area contributed by atoms with Crippen LogP contribution in [0.15, 0.2) is 82.6 Å². The smallest absolute Gasteiger partial charge is 0.255 e. The van der Waals surface area contributed by atoms with Crippen LogP contribution in [0.5, 0.6) is 0 Å². The van der Waals surface area contributed by atoms with Crippen molar-refractivity contribution < 1.29 is 21.6 Å². The summed E-state index contributed by atoms with van der Waals surface area (Å²) in [5.41, 5.74) is 2.58. The molecule has 0 saturated carbocycles. The Kier molecular flexibility index (Phi) is 7.29. The first kappa shape index (κ1) is 27.0. The van der Waals surface area contributed by atoms with Gasteiger partial charge in [-0.3, -0.25) is 4.79 Å². The molecule has 0 unspecified atom stereocenters. The normalized spacial score (nSPS) is 15.6. The minimum Gasteiger partial charge on any atom is -0.342 e. The molecular weight excluding hydrogens is 538 g/mol. The van der Waals surface area contributed by atoms with Crippen molar-refractivity contribution in [3.63, 3.8) is 0 Å². The van der Waals surface area contributed by atoms with Crippen LogP contribution in [0.2, 0.25) is 0 Å². The van der Waals surface area contributed by atoms with E-state index in [0.29, 0.717) is 31.6 Å². The fourth-order valence-corrected chi connectivity index (χ4v) is 6.96. The number of nitrogens with zero attached hydrogens (tertiary/aromatic N) is 3. The summed E-state index contributed by atoms with van der Waals surface area (Å²) < 4.78 is 53.5. The molecule has 2 heterocycles. The van der Waals surface area contributed by atoms with Crippen LogP contribution in [0, 0.1) is 0 Å². The van der Waals surface area contributed by atoms with E-state index >= 15 is 0 Å². The van der Waals surface area contributed by atoms with Gasteiger partial charge in [0.25, 0.3) is 5.91 Å². The number of fused-ring (bicyclic) bond motifs is 1. The molecule has 1 saturated heterocycles. The second-order valence-electron chi connectivity index (χ2n) is 9.61. The van der Waals surface area contributed by atoms with E-state index in [1.165, 1.54) is 66.9 Å². The number of sulfonamides is 2. The molecule has 1 aliphatic heterocycles. The van der Waals surface area contributed by atoms with Crippen LogP contribution >= 0.6 is 0 Å². The lowest BCUT2D eigenvalue weighted by atomic mass is 9.97. The maximum Gasteiger partial charge on any atom is 0.255 e. The molecule has 3 aromatic carbocycles. The quantitative estimate of drug-likeness (QED) is 0.351. The maximum atomic E-state index is 13.2. The zero-order chi connectivity index (χ0) is 27.8. The fraction of sp³-hybridized carbons (Fsp3) is 0.259. The Labute approximate surface area is 227 Å². The largest absolute Gasteiger partial charge is 0.342 e. The van der Waals surface area contributed by atoms with E-state index < -0.39 is 26.0 Å². The molecular formula is C27H29N5O5S2. The lowest BCUT2D eigenvalue weighted by Gasteiger charge is -2.30. The van der Waals surface area contributed by atoms with Crippen molar-refractivity contribution in [3.05, 3.63) is 84.2 Å². The van der Waals surface area contributed by atoms with Crippen molar-refractivity contribution in [3.8, 4) is 0 Å². The molecule has 0 spiro atoms. The summed E-state index contributed by atoms with van der Waals surface area (Å²) in [4.78, 5) is 20.9. The molecule has 5 rings (SSSR count). The maximum absolute atomic E-state index is 13.2. The van der Waals surface area contributed by atoms with Gasteiger partial charge in [0.05, 0.1) is 20.8 Å². The van der Waals surface area contributed by atoms with E-state index in [-0.39, 0.29) is 21.3 Å². The van der Waals surface area contributed by atoms with Crippen LogP contribution < -0.4 is 5.32 Å². The molecule has 0 radical (unpaired) electrons. The van der Waals surface area contributed by atoms with Gasteiger partial charge in [-0.05, 0) is 73.5 Å². The summed E-state index contributed by atoms with van der Waals surface area (Å²) in [6.07, 6.45) is 1.34. The molecule has 39 heavy (non-hydrogen) atoms. The molecule has 1 fully saturated rings. The minimum atomic E-state index is -3.69. The van der Waals surface area contributed by atoms with Crippen LogP contribution in [-0.2, 0) is 20.0 Å².